The summed E-state index contributed by atoms with van der Waals surface area (Å²) < 4.78 is 0. The summed E-state index contributed by atoms with van der Waals surface area (Å²) in [5, 5.41) is 12.1. The Morgan fingerprint density at radius 2 is 2.19 bits per heavy atom. The molecule has 2 N–H and O–H groups in total. The van der Waals surface area contributed by atoms with Crippen molar-refractivity contribution in [1.82, 2.24) is 9.88 Å². The van der Waals surface area contributed by atoms with Gasteiger partial charge in [-0.3, -0.25) is 0 Å². The number of nitrogens with one attached hydrogen (secondary N) is 1. The van der Waals surface area contributed by atoms with Crippen molar-refractivity contribution in [3.8, 4) is 0 Å². The quantitative estimate of drug-likeness (QED) is 0.626. The summed E-state index contributed by atoms with van der Waals surface area (Å²) in [6, 6.07) is 2.08. The van der Waals surface area contributed by atoms with Crippen molar-refractivity contribution in [3.05, 3.63) is 22.5 Å². The van der Waals surface area contributed by atoms with E-state index in [1.807, 2.05) is 24.8 Å². The third kappa shape index (κ3) is 4.32. The summed E-state index contributed by atoms with van der Waals surface area (Å²) in [5.41, 5.74) is 2.32. The lowest BCUT2D eigenvalue weighted by molar-refractivity contribution is 0.204. The molecule has 0 aromatic carbocycles. The van der Waals surface area contributed by atoms with Crippen molar-refractivity contribution < 1.29 is 9.90 Å². The Hall–Kier alpha value is -1.33. The van der Waals surface area contributed by atoms with Crippen LogP contribution < -0.4 is 5.32 Å². The fourth-order valence-electron chi connectivity index (χ4n) is 2.35. The Bertz CT molecular complexity index is 495. The molecule has 0 aliphatic heterocycles. The number of carbonyl (C=O) groups excluding carboxylic acids is 1. The monoisotopic (exact) mass is 311 g/mol. The highest BCUT2D eigenvalue weighted by Gasteiger charge is 2.32. The highest BCUT2D eigenvalue weighted by molar-refractivity contribution is 6.32. The fraction of sp³-hybridized carbons (Fsp3) is 0.600. The van der Waals surface area contributed by atoms with Crippen LogP contribution in [0.1, 0.15) is 36.9 Å². The van der Waals surface area contributed by atoms with Gasteiger partial charge in [0.2, 0.25) is 0 Å². The molecular formula is C15H22ClN3O2. The SMILES string of the molecule is Cc1cc(C)c(NC(=O)N(CCCCO)C2CC2)c(Cl)n1. The molecule has 5 nitrogen and oxygen atoms in total. The average molecular weight is 312 g/mol. The predicted octanol–water partition coefficient (Wildman–Crippen LogP) is 3.12. The minimum atomic E-state index is -0.133. The Labute approximate surface area is 130 Å². The zero-order valence-electron chi connectivity index (χ0n) is 12.5. The Kier molecular flexibility index (Phi) is 5.42. The number of rotatable bonds is 6. The van der Waals surface area contributed by atoms with Gasteiger partial charge in [0.1, 0.15) is 0 Å². The van der Waals surface area contributed by atoms with Crippen LogP contribution in [-0.2, 0) is 0 Å². The lowest BCUT2D eigenvalue weighted by Crippen LogP contribution is -2.37. The number of aliphatic hydroxyl groups excluding tert-OH is 1. The van der Waals surface area contributed by atoms with Crippen LogP contribution in [0.2, 0.25) is 5.15 Å². The van der Waals surface area contributed by atoms with E-state index in [0.29, 0.717) is 29.8 Å². The number of carbonyl (C=O) groups is 1. The topological polar surface area (TPSA) is 65.5 Å². The molecule has 0 atom stereocenters. The molecule has 0 radical (unpaired) electrons. The maximum absolute atomic E-state index is 12.4. The molecule has 116 valence electrons. The summed E-state index contributed by atoms with van der Waals surface area (Å²) in [6.07, 6.45) is 3.61. The van der Waals surface area contributed by atoms with Crippen LogP contribution in [0, 0.1) is 13.8 Å². The number of aromatic nitrogens is 1. The number of hydrogen-bond donors (Lipinski definition) is 2. The summed E-state index contributed by atoms with van der Waals surface area (Å²) in [7, 11) is 0. The molecule has 1 aromatic heterocycles. The lowest BCUT2D eigenvalue weighted by atomic mass is 10.2. The minimum Gasteiger partial charge on any atom is -0.396 e. The van der Waals surface area contributed by atoms with Gasteiger partial charge in [0.05, 0.1) is 5.69 Å². The number of aliphatic hydroxyl groups is 1. The van der Waals surface area contributed by atoms with Crippen molar-refractivity contribution in [2.24, 2.45) is 0 Å². The molecule has 0 unspecified atom stereocenters. The minimum absolute atomic E-state index is 0.133. The zero-order chi connectivity index (χ0) is 15.4. The van der Waals surface area contributed by atoms with Crippen LogP contribution in [0.4, 0.5) is 10.5 Å². The van der Waals surface area contributed by atoms with Gasteiger partial charge in [0.25, 0.3) is 0 Å². The number of urea groups is 1. The molecule has 1 fully saturated rings. The molecule has 1 aliphatic rings. The predicted molar refractivity (Wildman–Crippen MR) is 83.8 cm³/mol. The second-order valence-corrected chi connectivity index (χ2v) is 5.89. The van der Waals surface area contributed by atoms with E-state index in [1.165, 1.54) is 0 Å². The number of nitrogens with zero attached hydrogens (tertiary/aromatic N) is 2. The first-order valence-electron chi connectivity index (χ1n) is 7.35. The lowest BCUT2D eigenvalue weighted by Gasteiger charge is -2.23. The number of amides is 2. The maximum Gasteiger partial charge on any atom is 0.322 e. The summed E-state index contributed by atoms with van der Waals surface area (Å²) >= 11 is 6.13. The third-order valence-corrected chi connectivity index (χ3v) is 3.86. The Morgan fingerprint density at radius 3 is 2.76 bits per heavy atom. The molecule has 0 bridgehead atoms. The van der Waals surface area contributed by atoms with Crippen LogP contribution in [0.25, 0.3) is 0 Å². The molecule has 2 amide bonds. The number of pyridine rings is 1. The van der Waals surface area contributed by atoms with Crippen molar-refractivity contribution in [2.75, 3.05) is 18.5 Å². The van der Waals surface area contributed by atoms with Gasteiger partial charge in [0, 0.05) is 24.9 Å². The van der Waals surface area contributed by atoms with E-state index in [1.54, 1.807) is 0 Å². The fourth-order valence-corrected chi connectivity index (χ4v) is 2.68. The molecular weight excluding hydrogens is 290 g/mol. The molecule has 6 heteroatoms. The van der Waals surface area contributed by atoms with Crippen molar-refractivity contribution in [3.63, 3.8) is 0 Å². The average Bonchev–Trinajstić information content (AvgIpc) is 3.23. The first-order valence-corrected chi connectivity index (χ1v) is 7.73. The Morgan fingerprint density at radius 1 is 1.48 bits per heavy atom. The number of aryl methyl sites for hydroxylation is 2. The van der Waals surface area contributed by atoms with E-state index in [4.69, 9.17) is 16.7 Å². The van der Waals surface area contributed by atoms with E-state index < -0.39 is 0 Å². The highest BCUT2D eigenvalue weighted by atomic mass is 35.5. The second-order valence-electron chi connectivity index (χ2n) is 5.53. The molecule has 0 saturated heterocycles. The van der Waals surface area contributed by atoms with Gasteiger partial charge in [-0.1, -0.05) is 11.6 Å². The highest BCUT2D eigenvalue weighted by Crippen LogP contribution is 2.29. The first kappa shape index (κ1) is 16.0. The third-order valence-electron chi connectivity index (χ3n) is 3.59. The molecule has 1 aliphatic carbocycles. The van der Waals surface area contributed by atoms with Gasteiger partial charge in [-0.15, -0.1) is 0 Å². The van der Waals surface area contributed by atoms with Crippen LogP contribution in [-0.4, -0.2) is 40.2 Å². The molecule has 1 aromatic rings. The maximum atomic E-state index is 12.4. The molecule has 2 rings (SSSR count). The van der Waals surface area contributed by atoms with Gasteiger partial charge in [-0.25, -0.2) is 9.78 Å². The zero-order valence-corrected chi connectivity index (χ0v) is 13.3. The normalized spacial score (nSPS) is 14.1. The molecule has 1 heterocycles. The molecule has 21 heavy (non-hydrogen) atoms. The van der Waals surface area contributed by atoms with Gasteiger partial charge in [-0.2, -0.15) is 0 Å². The van der Waals surface area contributed by atoms with Crippen LogP contribution >= 0.6 is 11.6 Å². The standard InChI is InChI=1S/C15H22ClN3O2/c1-10-9-11(2)17-14(16)13(10)18-15(21)19(12-5-6-12)7-3-4-8-20/h9,12,20H,3-8H2,1-2H3,(H,18,21). The number of anilines is 1. The number of unbranched alkanes of at least 4 members (excludes halogenated alkanes) is 1. The van der Waals surface area contributed by atoms with E-state index >= 15 is 0 Å². The summed E-state index contributed by atoms with van der Waals surface area (Å²) in [5.74, 6) is 0. The van der Waals surface area contributed by atoms with E-state index in [9.17, 15) is 4.79 Å². The second kappa shape index (κ2) is 7.09. The van der Waals surface area contributed by atoms with Gasteiger partial charge in [0.15, 0.2) is 5.15 Å². The summed E-state index contributed by atoms with van der Waals surface area (Å²) in [6.45, 7) is 4.60. The Balaban J connectivity index is 2.05. The van der Waals surface area contributed by atoms with Crippen molar-refractivity contribution in [1.29, 1.82) is 0 Å². The van der Waals surface area contributed by atoms with Crippen molar-refractivity contribution >= 4 is 23.3 Å². The molecule has 1 saturated carbocycles. The van der Waals surface area contributed by atoms with E-state index in [0.717, 1.165) is 30.5 Å². The first-order chi connectivity index (χ1) is 10.0. The number of halogens is 1. The van der Waals surface area contributed by atoms with Gasteiger partial charge in [-0.05, 0) is 51.2 Å². The van der Waals surface area contributed by atoms with Crippen LogP contribution in [0.15, 0.2) is 6.07 Å². The molecule has 0 spiro atoms. The van der Waals surface area contributed by atoms with Gasteiger partial charge < -0.3 is 15.3 Å². The smallest absolute Gasteiger partial charge is 0.322 e. The van der Waals surface area contributed by atoms with Crippen molar-refractivity contribution in [2.45, 2.75) is 45.6 Å². The van der Waals surface area contributed by atoms with Crippen LogP contribution in [0.3, 0.4) is 0 Å². The van der Waals surface area contributed by atoms with Gasteiger partial charge >= 0.3 is 6.03 Å². The largest absolute Gasteiger partial charge is 0.396 e. The van der Waals surface area contributed by atoms with Crippen LogP contribution in [0.5, 0.6) is 0 Å². The number of hydrogen-bond acceptors (Lipinski definition) is 3. The summed E-state index contributed by atoms with van der Waals surface area (Å²) in [4.78, 5) is 18.5. The van der Waals surface area contributed by atoms with E-state index in [-0.39, 0.29) is 12.6 Å². The van der Waals surface area contributed by atoms with E-state index in [2.05, 4.69) is 10.3 Å².